The molecule has 1 heterocycles. The van der Waals surface area contributed by atoms with Crippen LogP contribution in [0.25, 0.3) is 11.3 Å². The standard InChI is InChI=1S/C15H17N3O3S/c1-10-16-13(9-22-10)11-3-5-12(6-4-11)17-15(21)18(2)8-7-14(19)20/h3-6,9H,7-8H2,1-2H3,(H,17,21)(H,19,20). The smallest absolute Gasteiger partial charge is 0.321 e. The van der Waals surface area contributed by atoms with Crippen LogP contribution in [0.5, 0.6) is 0 Å². The number of benzene rings is 1. The summed E-state index contributed by atoms with van der Waals surface area (Å²) < 4.78 is 0. The molecule has 2 amide bonds. The summed E-state index contributed by atoms with van der Waals surface area (Å²) in [7, 11) is 1.56. The lowest BCUT2D eigenvalue weighted by Crippen LogP contribution is -2.33. The average molecular weight is 319 g/mol. The minimum Gasteiger partial charge on any atom is -0.481 e. The summed E-state index contributed by atoms with van der Waals surface area (Å²) >= 11 is 1.59. The number of nitrogens with one attached hydrogen (secondary N) is 1. The molecule has 0 atom stereocenters. The third kappa shape index (κ3) is 4.29. The van der Waals surface area contributed by atoms with E-state index in [4.69, 9.17) is 5.11 Å². The zero-order valence-electron chi connectivity index (χ0n) is 12.4. The van der Waals surface area contributed by atoms with Crippen molar-refractivity contribution in [1.82, 2.24) is 9.88 Å². The van der Waals surface area contributed by atoms with Crippen LogP contribution in [0, 0.1) is 6.92 Å². The first kappa shape index (κ1) is 16.0. The van der Waals surface area contributed by atoms with Gasteiger partial charge in [0.2, 0.25) is 0 Å². The number of nitrogens with zero attached hydrogens (tertiary/aromatic N) is 2. The molecule has 116 valence electrons. The molecule has 0 spiro atoms. The van der Waals surface area contributed by atoms with Crippen LogP contribution in [0.4, 0.5) is 10.5 Å². The second kappa shape index (κ2) is 7.04. The monoisotopic (exact) mass is 319 g/mol. The maximum absolute atomic E-state index is 11.9. The maximum atomic E-state index is 11.9. The lowest BCUT2D eigenvalue weighted by molar-refractivity contribution is -0.137. The Morgan fingerprint density at radius 3 is 2.55 bits per heavy atom. The van der Waals surface area contributed by atoms with Crippen LogP contribution in [0.3, 0.4) is 0 Å². The van der Waals surface area contributed by atoms with Crippen LogP contribution in [0.15, 0.2) is 29.6 Å². The summed E-state index contributed by atoms with van der Waals surface area (Å²) in [6, 6.07) is 7.04. The molecule has 2 N–H and O–H groups in total. The Morgan fingerprint density at radius 1 is 1.32 bits per heavy atom. The first-order chi connectivity index (χ1) is 10.5. The average Bonchev–Trinajstić information content (AvgIpc) is 2.92. The summed E-state index contributed by atoms with van der Waals surface area (Å²) in [6.07, 6.45) is -0.0773. The number of aromatic nitrogens is 1. The molecule has 0 saturated heterocycles. The van der Waals surface area contributed by atoms with E-state index in [9.17, 15) is 9.59 Å². The highest BCUT2D eigenvalue weighted by atomic mass is 32.1. The summed E-state index contributed by atoms with van der Waals surface area (Å²) in [5, 5.41) is 14.3. The summed E-state index contributed by atoms with van der Waals surface area (Å²) in [4.78, 5) is 28.1. The molecule has 0 aliphatic carbocycles. The fourth-order valence-corrected chi connectivity index (χ4v) is 2.43. The van der Waals surface area contributed by atoms with E-state index in [1.807, 2.05) is 24.4 Å². The number of carboxylic acids is 1. The van der Waals surface area contributed by atoms with Crippen molar-refractivity contribution in [2.24, 2.45) is 0 Å². The molecule has 0 fully saturated rings. The number of thiazole rings is 1. The van der Waals surface area contributed by atoms with E-state index >= 15 is 0 Å². The van der Waals surface area contributed by atoms with Gasteiger partial charge in [0, 0.05) is 30.2 Å². The van der Waals surface area contributed by atoms with Gasteiger partial charge in [-0.1, -0.05) is 12.1 Å². The van der Waals surface area contributed by atoms with E-state index in [1.54, 1.807) is 30.5 Å². The molecular formula is C15H17N3O3S. The van der Waals surface area contributed by atoms with Gasteiger partial charge in [0.25, 0.3) is 0 Å². The molecule has 0 aliphatic heterocycles. The third-order valence-electron chi connectivity index (χ3n) is 3.06. The van der Waals surface area contributed by atoms with Crippen LogP contribution < -0.4 is 5.32 Å². The molecule has 2 aromatic rings. The van der Waals surface area contributed by atoms with Gasteiger partial charge in [-0.3, -0.25) is 4.79 Å². The van der Waals surface area contributed by atoms with Crippen molar-refractivity contribution >= 4 is 29.0 Å². The van der Waals surface area contributed by atoms with E-state index in [0.29, 0.717) is 5.69 Å². The number of carboxylic acid groups (broad SMARTS) is 1. The number of urea groups is 1. The number of rotatable bonds is 5. The number of amides is 2. The summed E-state index contributed by atoms with van der Waals surface area (Å²) in [5.74, 6) is -0.928. The number of carbonyl (C=O) groups excluding carboxylic acids is 1. The van der Waals surface area contributed by atoms with E-state index in [1.165, 1.54) is 4.90 Å². The van der Waals surface area contributed by atoms with Gasteiger partial charge >= 0.3 is 12.0 Å². The fraction of sp³-hybridized carbons (Fsp3) is 0.267. The molecule has 1 aromatic heterocycles. The maximum Gasteiger partial charge on any atom is 0.321 e. The van der Waals surface area contributed by atoms with Gasteiger partial charge < -0.3 is 15.3 Å². The van der Waals surface area contributed by atoms with Crippen molar-refractivity contribution in [2.75, 3.05) is 18.9 Å². The number of aliphatic carboxylic acids is 1. The molecule has 2 rings (SSSR count). The molecule has 0 radical (unpaired) electrons. The largest absolute Gasteiger partial charge is 0.481 e. The Kier molecular flexibility index (Phi) is 5.11. The number of hydrogen-bond acceptors (Lipinski definition) is 4. The van der Waals surface area contributed by atoms with Gasteiger partial charge in [0.1, 0.15) is 0 Å². The number of carbonyl (C=O) groups is 2. The topological polar surface area (TPSA) is 82.5 Å². The second-order valence-corrected chi connectivity index (χ2v) is 5.89. The Labute approximate surface area is 132 Å². The van der Waals surface area contributed by atoms with E-state index in [-0.39, 0.29) is 19.0 Å². The highest BCUT2D eigenvalue weighted by Crippen LogP contribution is 2.23. The minimum atomic E-state index is -0.928. The molecular weight excluding hydrogens is 302 g/mol. The quantitative estimate of drug-likeness (QED) is 0.887. The molecule has 0 aliphatic rings. The highest BCUT2D eigenvalue weighted by Gasteiger charge is 2.10. The predicted molar refractivity (Wildman–Crippen MR) is 86.2 cm³/mol. The van der Waals surface area contributed by atoms with Crippen LogP contribution in [-0.4, -0.2) is 40.6 Å². The number of aryl methyl sites for hydroxylation is 1. The van der Waals surface area contributed by atoms with Crippen molar-refractivity contribution in [3.63, 3.8) is 0 Å². The first-order valence-electron chi connectivity index (χ1n) is 6.72. The van der Waals surface area contributed by atoms with Gasteiger partial charge in [0.15, 0.2) is 0 Å². The van der Waals surface area contributed by atoms with Crippen molar-refractivity contribution in [3.8, 4) is 11.3 Å². The van der Waals surface area contributed by atoms with Crippen LogP contribution in [0.1, 0.15) is 11.4 Å². The van der Waals surface area contributed by atoms with Crippen molar-refractivity contribution in [1.29, 1.82) is 0 Å². The van der Waals surface area contributed by atoms with Gasteiger partial charge in [-0.05, 0) is 19.1 Å². The SMILES string of the molecule is Cc1nc(-c2ccc(NC(=O)N(C)CCC(=O)O)cc2)cs1. The van der Waals surface area contributed by atoms with Crippen LogP contribution in [0.2, 0.25) is 0 Å². The van der Waals surface area contributed by atoms with Crippen LogP contribution >= 0.6 is 11.3 Å². The van der Waals surface area contributed by atoms with Crippen LogP contribution in [-0.2, 0) is 4.79 Å². The van der Waals surface area contributed by atoms with E-state index in [2.05, 4.69) is 10.3 Å². The van der Waals surface area contributed by atoms with Crippen molar-refractivity contribution < 1.29 is 14.7 Å². The number of anilines is 1. The van der Waals surface area contributed by atoms with E-state index < -0.39 is 5.97 Å². The Hall–Kier alpha value is -2.41. The molecule has 0 saturated carbocycles. The second-order valence-electron chi connectivity index (χ2n) is 4.82. The minimum absolute atomic E-state index is 0.0773. The third-order valence-corrected chi connectivity index (χ3v) is 3.83. The fourth-order valence-electron chi connectivity index (χ4n) is 1.80. The van der Waals surface area contributed by atoms with Crippen molar-refractivity contribution in [3.05, 3.63) is 34.7 Å². The Morgan fingerprint density at radius 2 is 2.00 bits per heavy atom. The Bertz CT molecular complexity index is 667. The van der Waals surface area contributed by atoms with Gasteiger partial charge in [0.05, 0.1) is 17.1 Å². The lowest BCUT2D eigenvalue weighted by atomic mass is 10.1. The zero-order chi connectivity index (χ0) is 16.1. The summed E-state index contributed by atoms with van der Waals surface area (Å²) in [6.45, 7) is 2.12. The normalized spacial score (nSPS) is 10.3. The lowest BCUT2D eigenvalue weighted by Gasteiger charge is -2.17. The highest BCUT2D eigenvalue weighted by molar-refractivity contribution is 7.09. The molecule has 6 nitrogen and oxygen atoms in total. The summed E-state index contributed by atoms with van der Waals surface area (Å²) in [5.41, 5.74) is 2.56. The van der Waals surface area contributed by atoms with Gasteiger partial charge in [-0.2, -0.15) is 0 Å². The van der Waals surface area contributed by atoms with Gasteiger partial charge in [-0.15, -0.1) is 11.3 Å². The predicted octanol–water partition coefficient (Wildman–Crippen LogP) is 3.06. The van der Waals surface area contributed by atoms with Gasteiger partial charge in [-0.25, -0.2) is 9.78 Å². The zero-order valence-corrected chi connectivity index (χ0v) is 13.2. The van der Waals surface area contributed by atoms with Crippen molar-refractivity contribution in [2.45, 2.75) is 13.3 Å². The Balaban J connectivity index is 1.96. The molecule has 1 aromatic carbocycles. The molecule has 22 heavy (non-hydrogen) atoms. The molecule has 0 unspecified atom stereocenters. The molecule has 7 heteroatoms. The molecule has 0 bridgehead atoms. The first-order valence-corrected chi connectivity index (χ1v) is 7.60. The van der Waals surface area contributed by atoms with E-state index in [0.717, 1.165) is 16.3 Å². The number of hydrogen-bond donors (Lipinski definition) is 2.